The molecule has 0 aliphatic heterocycles. The summed E-state index contributed by atoms with van der Waals surface area (Å²) in [6, 6.07) is 14.9. The number of aryl methyl sites for hydroxylation is 2. The molecular weight excluding hydrogens is 597 g/mol. The first kappa shape index (κ1) is 34.0. The summed E-state index contributed by atoms with van der Waals surface area (Å²) in [6.45, 7) is 6.00. The quantitative estimate of drug-likeness (QED) is 0.165. The standard InChI is InChI=1S/C41H41F3O3/c1-4-7-32(45)19-26-12-13-27(18-26)20-33(46)17-16-29-8-6-9-35(34(29)5-2)36-21-30(28-14-10-25(3)11-15-28)22-37(36)41(47)40-38(43)23-31(42)24-39(40)44/h6,8-12,14-15,18,22-24,36-37H,4-5,7,13,16-17,19-21H2,1-3H3. The second-order valence-electron chi connectivity index (χ2n) is 12.8. The SMILES string of the molecule is CCCC(=O)CC1=CCC(CC(=O)CCc2cccc(C3CC(c4ccc(C)cc4)=CC3C(=O)c3c(F)cc(F)cc3F)c2CC)=C1. The highest BCUT2D eigenvalue weighted by Gasteiger charge is 2.38. The van der Waals surface area contributed by atoms with Gasteiger partial charge in [-0.05, 0) is 72.4 Å². The van der Waals surface area contributed by atoms with Crippen molar-refractivity contribution in [1.29, 1.82) is 0 Å². The molecule has 6 heteroatoms. The Hall–Kier alpha value is -4.32. The van der Waals surface area contributed by atoms with Gasteiger partial charge in [-0.25, -0.2) is 13.2 Å². The average Bonchev–Trinajstić information content (AvgIpc) is 3.67. The van der Waals surface area contributed by atoms with Crippen LogP contribution in [0, 0.1) is 30.3 Å². The third-order valence-corrected chi connectivity index (χ3v) is 9.34. The van der Waals surface area contributed by atoms with Crippen LogP contribution in [-0.4, -0.2) is 17.3 Å². The first-order chi connectivity index (χ1) is 22.6. The predicted octanol–water partition coefficient (Wildman–Crippen LogP) is 9.95. The normalized spacial score (nSPS) is 17.4. The molecule has 0 bridgehead atoms. The van der Waals surface area contributed by atoms with E-state index >= 15 is 0 Å². The van der Waals surface area contributed by atoms with E-state index in [4.69, 9.17) is 0 Å². The van der Waals surface area contributed by atoms with Crippen LogP contribution in [0.5, 0.6) is 0 Å². The third-order valence-electron chi connectivity index (χ3n) is 9.34. The molecule has 3 nitrogen and oxygen atoms in total. The Kier molecular flexibility index (Phi) is 10.9. The van der Waals surface area contributed by atoms with Crippen LogP contribution in [-0.2, 0) is 22.4 Å². The monoisotopic (exact) mass is 638 g/mol. The zero-order chi connectivity index (χ0) is 33.7. The van der Waals surface area contributed by atoms with Gasteiger partial charge in [0.25, 0.3) is 0 Å². The Morgan fingerprint density at radius 3 is 2.26 bits per heavy atom. The molecule has 2 aliphatic rings. The van der Waals surface area contributed by atoms with Crippen molar-refractivity contribution in [2.45, 2.75) is 84.5 Å². The molecule has 3 aromatic rings. The van der Waals surface area contributed by atoms with Crippen LogP contribution >= 0.6 is 0 Å². The fraction of sp³-hybridized carbons (Fsp3) is 0.341. The smallest absolute Gasteiger partial charge is 0.176 e. The van der Waals surface area contributed by atoms with Gasteiger partial charge in [0.15, 0.2) is 5.78 Å². The fourth-order valence-corrected chi connectivity index (χ4v) is 7.02. The van der Waals surface area contributed by atoms with Crippen LogP contribution in [0.15, 0.2) is 84.0 Å². The molecule has 5 rings (SSSR count). The van der Waals surface area contributed by atoms with Gasteiger partial charge in [-0.3, -0.25) is 14.4 Å². The number of carbonyl (C=O) groups is 3. The van der Waals surface area contributed by atoms with Crippen LogP contribution in [0.2, 0.25) is 0 Å². The highest BCUT2D eigenvalue weighted by molar-refractivity contribution is 6.02. The Morgan fingerprint density at radius 2 is 1.57 bits per heavy atom. The number of hydrogen-bond donors (Lipinski definition) is 0. The molecule has 0 saturated carbocycles. The Morgan fingerprint density at radius 1 is 0.872 bits per heavy atom. The summed E-state index contributed by atoms with van der Waals surface area (Å²) in [5.41, 5.74) is 7.19. The molecule has 2 atom stereocenters. The van der Waals surface area contributed by atoms with E-state index in [0.717, 1.165) is 51.0 Å². The van der Waals surface area contributed by atoms with Gasteiger partial charge in [0.05, 0.1) is 5.56 Å². The first-order valence-electron chi connectivity index (χ1n) is 16.6. The van der Waals surface area contributed by atoms with Gasteiger partial charge in [0, 0.05) is 49.7 Å². The molecule has 0 radical (unpaired) electrons. The van der Waals surface area contributed by atoms with Gasteiger partial charge in [0.2, 0.25) is 0 Å². The van der Waals surface area contributed by atoms with Crippen molar-refractivity contribution in [1.82, 2.24) is 0 Å². The molecule has 0 fully saturated rings. The van der Waals surface area contributed by atoms with Crippen LogP contribution in [0.25, 0.3) is 5.57 Å². The van der Waals surface area contributed by atoms with Gasteiger partial charge in [0.1, 0.15) is 29.0 Å². The van der Waals surface area contributed by atoms with Gasteiger partial charge < -0.3 is 0 Å². The van der Waals surface area contributed by atoms with Crippen molar-refractivity contribution in [2.24, 2.45) is 5.92 Å². The van der Waals surface area contributed by atoms with Gasteiger partial charge >= 0.3 is 0 Å². The first-order valence-corrected chi connectivity index (χ1v) is 16.6. The zero-order valence-electron chi connectivity index (χ0n) is 27.3. The molecule has 244 valence electrons. The van der Waals surface area contributed by atoms with Crippen molar-refractivity contribution < 1.29 is 27.6 Å². The van der Waals surface area contributed by atoms with E-state index in [9.17, 15) is 27.6 Å². The van der Waals surface area contributed by atoms with Crippen LogP contribution in [0.1, 0.15) is 103 Å². The van der Waals surface area contributed by atoms with E-state index in [0.29, 0.717) is 63.5 Å². The summed E-state index contributed by atoms with van der Waals surface area (Å²) in [4.78, 5) is 39.0. The molecule has 0 aromatic heterocycles. The maximum Gasteiger partial charge on any atom is 0.176 e. The maximum absolute atomic E-state index is 14.9. The van der Waals surface area contributed by atoms with Crippen LogP contribution < -0.4 is 0 Å². The maximum atomic E-state index is 14.9. The number of rotatable bonds is 14. The molecule has 3 aromatic carbocycles. The number of ketones is 3. The van der Waals surface area contributed by atoms with Gasteiger partial charge in [-0.2, -0.15) is 0 Å². The number of Topliss-reactive ketones (excluding diaryl/α,β-unsaturated/α-hetero) is 3. The Bertz CT molecular complexity index is 1750. The molecule has 0 heterocycles. The van der Waals surface area contributed by atoms with E-state index in [2.05, 4.69) is 0 Å². The fourth-order valence-electron chi connectivity index (χ4n) is 7.02. The number of hydrogen-bond acceptors (Lipinski definition) is 3. The lowest BCUT2D eigenvalue weighted by Crippen LogP contribution is -2.21. The lowest BCUT2D eigenvalue weighted by Gasteiger charge is -2.24. The van der Waals surface area contributed by atoms with Crippen molar-refractivity contribution >= 4 is 22.9 Å². The minimum absolute atomic E-state index is 0.123. The molecular formula is C41H41F3O3. The molecule has 0 N–H and O–H groups in total. The summed E-state index contributed by atoms with van der Waals surface area (Å²) in [5, 5.41) is 0. The molecule has 2 unspecified atom stereocenters. The largest absolute Gasteiger partial charge is 0.299 e. The average molecular weight is 639 g/mol. The summed E-state index contributed by atoms with van der Waals surface area (Å²) < 4.78 is 43.5. The second kappa shape index (κ2) is 15.1. The van der Waals surface area contributed by atoms with E-state index in [1.165, 1.54) is 0 Å². The molecule has 0 spiro atoms. The van der Waals surface area contributed by atoms with Gasteiger partial charge in [-0.1, -0.05) is 85.7 Å². The number of allylic oxidation sites excluding steroid dienone is 6. The Balaban J connectivity index is 1.38. The number of benzene rings is 3. The summed E-state index contributed by atoms with van der Waals surface area (Å²) in [6.07, 6.45) is 10.7. The summed E-state index contributed by atoms with van der Waals surface area (Å²) >= 11 is 0. The van der Waals surface area contributed by atoms with Crippen LogP contribution in [0.3, 0.4) is 0 Å². The zero-order valence-corrected chi connectivity index (χ0v) is 27.3. The molecule has 0 amide bonds. The summed E-state index contributed by atoms with van der Waals surface area (Å²) in [5.74, 6) is -5.12. The van der Waals surface area contributed by atoms with E-state index < -0.39 is 40.6 Å². The predicted molar refractivity (Wildman–Crippen MR) is 180 cm³/mol. The molecule has 47 heavy (non-hydrogen) atoms. The highest BCUT2D eigenvalue weighted by atomic mass is 19.1. The third kappa shape index (κ3) is 7.98. The van der Waals surface area contributed by atoms with Crippen molar-refractivity contribution in [3.63, 3.8) is 0 Å². The second-order valence-corrected chi connectivity index (χ2v) is 12.8. The van der Waals surface area contributed by atoms with Crippen molar-refractivity contribution in [3.8, 4) is 0 Å². The van der Waals surface area contributed by atoms with Gasteiger partial charge in [-0.15, -0.1) is 0 Å². The minimum Gasteiger partial charge on any atom is -0.299 e. The molecule has 2 aliphatic carbocycles. The summed E-state index contributed by atoms with van der Waals surface area (Å²) in [7, 11) is 0. The van der Waals surface area contributed by atoms with Crippen molar-refractivity contribution in [3.05, 3.63) is 135 Å². The van der Waals surface area contributed by atoms with E-state index in [1.54, 1.807) is 0 Å². The number of halogens is 3. The Labute approximate surface area is 275 Å². The lowest BCUT2D eigenvalue weighted by atomic mass is 9.79. The van der Waals surface area contributed by atoms with E-state index in [-0.39, 0.29) is 11.6 Å². The topological polar surface area (TPSA) is 51.2 Å². The van der Waals surface area contributed by atoms with E-state index in [1.807, 2.05) is 81.5 Å². The lowest BCUT2D eigenvalue weighted by molar-refractivity contribution is -0.119. The van der Waals surface area contributed by atoms with Crippen molar-refractivity contribution in [2.75, 3.05) is 0 Å². The minimum atomic E-state index is -1.21. The van der Waals surface area contributed by atoms with Crippen LogP contribution in [0.4, 0.5) is 13.2 Å². The number of carbonyl (C=O) groups excluding carboxylic acids is 3. The molecule has 0 saturated heterocycles. The highest BCUT2D eigenvalue weighted by Crippen LogP contribution is 2.46.